The van der Waals surface area contributed by atoms with Crippen LogP contribution in [0.4, 0.5) is 0 Å². The molecule has 4 unspecified atom stereocenters. The number of hydrogen-bond donors (Lipinski definition) is 0. The van der Waals surface area contributed by atoms with Crippen LogP contribution in [0.15, 0.2) is 12.4 Å². The van der Waals surface area contributed by atoms with E-state index >= 15 is 0 Å². The van der Waals surface area contributed by atoms with Crippen LogP contribution >= 0.6 is 33.1 Å². The Labute approximate surface area is 92.1 Å². The lowest BCUT2D eigenvalue weighted by atomic mass is 10.1. The molecule has 0 N–H and O–H groups in total. The Morgan fingerprint density at radius 3 is 2.86 bits per heavy atom. The van der Waals surface area contributed by atoms with Gasteiger partial charge in [0.05, 0.1) is 11.4 Å². The minimum absolute atomic E-state index is 0.0622. The summed E-state index contributed by atoms with van der Waals surface area (Å²) in [6.07, 6.45) is 4.74. The second-order valence-electron chi connectivity index (χ2n) is 3.48. The fourth-order valence-electron chi connectivity index (χ4n) is 1.91. The lowest BCUT2D eigenvalue weighted by Gasteiger charge is -2.21. The summed E-state index contributed by atoms with van der Waals surface area (Å²) >= 11 is 0. The van der Waals surface area contributed by atoms with Crippen molar-refractivity contribution < 1.29 is 0 Å². The quantitative estimate of drug-likeness (QED) is 0.765. The van der Waals surface area contributed by atoms with Crippen LogP contribution in [-0.2, 0) is 6.42 Å². The van der Waals surface area contributed by atoms with Gasteiger partial charge in [0.2, 0.25) is 0 Å². The molecule has 1 aromatic heterocycles. The van der Waals surface area contributed by atoms with Gasteiger partial charge in [-0.25, -0.2) is 0 Å². The molecule has 1 heterocycles. The largest absolute Gasteiger partial charge is 0.258 e. The van der Waals surface area contributed by atoms with Gasteiger partial charge in [0, 0.05) is 24.0 Å². The van der Waals surface area contributed by atoms with Gasteiger partial charge in [0.1, 0.15) is 0 Å². The minimum Gasteiger partial charge on any atom is -0.258 e. The third-order valence-electron chi connectivity index (χ3n) is 2.72. The van der Waals surface area contributed by atoms with Gasteiger partial charge in [-0.2, -0.15) is 0 Å². The molecular formula is C8H14N2P4. The molecule has 0 bridgehead atoms. The van der Waals surface area contributed by atoms with Crippen LogP contribution in [0.5, 0.6) is 0 Å². The summed E-state index contributed by atoms with van der Waals surface area (Å²) in [5.74, 6) is 0.593. The van der Waals surface area contributed by atoms with Gasteiger partial charge < -0.3 is 0 Å². The molecule has 6 heteroatoms. The zero-order valence-electron chi connectivity index (χ0n) is 8.01. The van der Waals surface area contributed by atoms with E-state index in [9.17, 15) is 0 Å². The van der Waals surface area contributed by atoms with Crippen LogP contribution in [0.25, 0.3) is 0 Å². The smallest absolute Gasteiger partial charge is 0.0653 e. The summed E-state index contributed by atoms with van der Waals surface area (Å²) in [7, 11) is 6.93. The van der Waals surface area contributed by atoms with E-state index in [1.807, 2.05) is 12.4 Å². The maximum absolute atomic E-state index is 4.44. The van der Waals surface area contributed by atoms with E-state index in [1.54, 1.807) is 0 Å². The predicted octanol–water partition coefficient (Wildman–Crippen LogP) is 3.16. The van der Waals surface area contributed by atoms with E-state index < -0.39 is 0 Å². The first-order valence-electron chi connectivity index (χ1n) is 4.54. The van der Waals surface area contributed by atoms with Crippen molar-refractivity contribution in [3.63, 3.8) is 0 Å². The lowest BCUT2D eigenvalue weighted by Crippen LogP contribution is -2.05. The average Bonchev–Trinajstić information content (AvgIpc) is 2.56. The highest BCUT2D eigenvalue weighted by molar-refractivity contribution is 8.61. The highest BCUT2D eigenvalue weighted by Gasteiger charge is 2.34. The number of fused-ring (bicyclic) bond motifs is 1. The lowest BCUT2D eigenvalue weighted by molar-refractivity contribution is 0.747. The number of rotatable bonds is 2. The first-order chi connectivity index (χ1) is 6.74. The zero-order chi connectivity index (χ0) is 10.1. The predicted molar refractivity (Wildman–Crippen MR) is 72.6 cm³/mol. The summed E-state index contributed by atoms with van der Waals surface area (Å²) in [5, 5.41) is 0. The zero-order valence-corrected chi connectivity index (χ0v) is 12.2. The van der Waals surface area contributed by atoms with E-state index in [0.29, 0.717) is 5.92 Å². The highest BCUT2D eigenvalue weighted by Crippen LogP contribution is 2.72. The van der Waals surface area contributed by atoms with Crippen LogP contribution in [0, 0.1) is 0 Å². The van der Waals surface area contributed by atoms with Crippen molar-refractivity contribution in [2.75, 3.05) is 0 Å². The number of hydrogen-bond acceptors (Lipinski definition) is 2. The molecule has 6 atom stereocenters. The molecule has 1 aliphatic rings. The van der Waals surface area contributed by atoms with Crippen LogP contribution < -0.4 is 0 Å². The van der Waals surface area contributed by atoms with E-state index in [2.05, 4.69) is 34.7 Å². The van der Waals surface area contributed by atoms with Gasteiger partial charge in [-0.1, -0.05) is 22.2 Å². The van der Waals surface area contributed by atoms with Crippen molar-refractivity contribution in [1.82, 2.24) is 9.97 Å². The first-order valence-corrected chi connectivity index (χ1v) is 11.2. The Morgan fingerprint density at radius 1 is 1.50 bits per heavy atom. The molecule has 14 heavy (non-hydrogen) atoms. The average molecular weight is 262 g/mol. The monoisotopic (exact) mass is 262 g/mol. The summed E-state index contributed by atoms with van der Waals surface area (Å²) in [4.78, 5) is 8.85. The minimum atomic E-state index is 0.0622. The molecular weight excluding hydrogens is 248 g/mol. The highest BCUT2D eigenvalue weighted by atomic mass is 32.6. The van der Waals surface area contributed by atoms with Crippen molar-refractivity contribution in [1.29, 1.82) is 0 Å². The van der Waals surface area contributed by atoms with Crippen molar-refractivity contribution in [2.45, 2.75) is 24.9 Å². The molecule has 1 aliphatic carbocycles. The van der Waals surface area contributed by atoms with Crippen molar-refractivity contribution in [2.24, 2.45) is 0 Å². The molecule has 0 aromatic carbocycles. The Balaban J connectivity index is 2.25. The molecule has 2 rings (SSSR count). The van der Waals surface area contributed by atoms with Crippen molar-refractivity contribution in [3.05, 3.63) is 23.8 Å². The van der Waals surface area contributed by atoms with Gasteiger partial charge in [0.25, 0.3) is 0 Å². The Bertz CT molecular complexity index is 333. The molecule has 0 saturated carbocycles. The Morgan fingerprint density at radius 2 is 2.21 bits per heavy atom. The second kappa shape index (κ2) is 4.76. The third kappa shape index (κ3) is 2.01. The van der Waals surface area contributed by atoms with Crippen molar-refractivity contribution in [3.8, 4) is 0 Å². The van der Waals surface area contributed by atoms with Crippen molar-refractivity contribution >= 4 is 33.1 Å². The summed E-state index contributed by atoms with van der Waals surface area (Å²) in [6.45, 7) is 2.29. The normalized spacial score (nSPS) is 28.2. The molecule has 76 valence electrons. The molecule has 0 fully saturated rings. The topological polar surface area (TPSA) is 25.8 Å². The van der Waals surface area contributed by atoms with Gasteiger partial charge in [0.15, 0.2) is 0 Å². The Kier molecular flexibility index (Phi) is 3.84. The molecule has 2 nitrogen and oxygen atoms in total. The van der Waals surface area contributed by atoms with Gasteiger partial charge in [-0.15, -0.1) is 17.9 Å². The number of aromatic nitrogens is 2. The maximum atomic E-state index is 4.44. The van der Waals surface area contributed by atoms with Crippen LogP contribution in [0.2, 0.25) is 0 Å². The van der Waals surface area contributed by atoms with Gasteiger partial charge in [-0.05, 0) is 6.42 Å². The second-order valence-corrected chi connectivity index (χ2v) is 13.1. The molecule has 0 amide bonds. The maximum Gasteiger partial charge on any atom is 0.0653 e. The Hall–Kier alpha value is 0.800. The summed E-state index contributed by atoms with van der Waals surface area (Å²) in [5.41, 5.74) is 3.22. The van der Waals surface area contributed by atoms with E-state index in [-0.39, 0.29) is 7.30 Å². The summed E-state index contributed by atoms with van der Waals surface area (Å²) < 4.78 is 0. The molecule has 0 spiro atoms. The molecule has 0 radical (unpaired) electrons. The van der Waals surface area contributed by atoms with Crippen LogP contribution in [0.3, 0.4) is 0 Å². The molecule has 0 saturated heterocycles. The van der Waals surface area contributed by atoms with Gasteiger partial charge in [-0.3, -0.25) is 9.97 Å². The number of nitrogens with zero attached hydrogens (tertiary/aromatic N) is 2. The molecule has 0 aliphatic heterocycles. The van der Waals surface area contributed by atoms with Gasteiger partial charge >= 0.3 is 0 Å². The van der Waals surface area contributed by atoms with E-state index in [0.717, 1.165) is 20.0 Å². The van der Waals surface area contributed by atoms with E-state index in [4.69, 9.17) is 0 Å². The van der Waals surface area contributed by atoms with Crippen LogP contribution in [-0.4, -0.2) is 15.6 Å². The standard InChI is InChI=1S/C8H14N2P4/c1-5-7(14(12)13-11)4-6-8(5)10-3-2-9-6/h2-3,5,7,13H,4,11-12H2,1H3/t5-,7+,14?/m1/s1. The SMILES string of the molecule is C[C@H]1c2nccnc2C[C@@H]1P(P)PP. The third-order valence-corrected chi connectivity index (χ3v) is 14.1. The fourth-order valence-corrected chi connectivity index (χ4v) is 7.42. The summed E-state index contributed by atoms with van der Waals surface area (Å²) in [6, 6.07) is 0. The fraction of sp³-hybridized carbons (Fsp3) is 0.500. The molecule has 1 aromatic rings. The first kappa shape index (κ1) is 11.3. The van der Waals surface area contributed by atoms with E-state index in [1.165, 1.54) is 11.4 Å². The van der Waals surface area contributed by atoms with Crippen LogP contribution in [0.1, 0.15) is 24.2 Å².